The summed E-state index contributed by atoms with van der Waals surface area (Å²) in [6.45, 7) is 8.34. The molecule has 0 bridgehead atoms. The minimum absolute atomic E-state index is 0. The molecular formula is C36H28Cl2N4Zr. The Hall–Kier alpha value is -3.50. The summed E-state index contributed by atoms with van der Waals surface area (Å²) in [6.07, 6.45) is 12.5. The summed E-state index contributed by atoms with van der Waals surface area (Å²) in [5, 5.41) is 2.35. The van der Waals surface area contributed by atoms with Crippen LogP contribution in [-0.4, -0.2) is 21.4 Å². The Balaban J connectivity index is 0.000000184. The van der Waals surface area contributed by atoms with Gasteiger partial charge in [0, 0.05) is 56.9 Å². The van der Waals surface area contributed by atoms with Crippen LogP contribution in [-0.2, 0) is 26.2 Å². The molecule has 2 aromatic heterocycles. The first-order valence-electron chi connectivity index (χ1n) is 13.6. The smallest absolute Gasteiger partial charge is 1.00 e. The molecule has 0 unspecified atom stereocenters. The maximum Gasteiger partial charge on any atom is 2.00 e. The van der Waals surface area contributed by atoms with Gasteiger partial charge in [0.2, 0.25) is 0 Å². The molecule has 2 aliphatic heterocycles. The van der Waals surface area contributed by atoms with E-state index >= 15 is 0 Å². The molecule has 2 aromatic carbocycles. The molecule has 210 valence electrons. The quantitative estimate of drug-likeness (QED) is 0.328. The molecule has 4 aromatic rings. The first-order chi connectivity index (χ1) is 19.5. The molecule has 2 aliphatic carbocycles. The molecule has 0 amide bonds. The number of nitrogens with zero attached hydrogens (tertiary/aromatic N) is 4. The van der Waals surface area contributed by atoms with E-state index in [9.17, 15) is 0 Å². The second kappa shape index (κ2) is 13.0. The van der Waals surface area contributed by atoms with Crippen LogP contribution < -0.4 is 24.8 Å². The van der Waals surface area contributed by atoms with Gasteiger partial charge in [-0.2, -0.15) is 0 Å². The van der Waals surface area contributed by atoms with Gasteiger partial charge in [-0.25, -0.2) is 0 Å². The minimum Gasteiger partial charge on any atom is -1.00 e. The number of halogens is 2. The largest absolute Gasteiger partial charge is 2.00 e. The van der Waals surface area contributed by atoms with Gasteiger partial charge in [-0.3, -0.25) is 20.0 Å². The molecule has 43 heavy (non-hydrogen) atoms. The van der Waals surface area contributed by atoms with Crippen LogP contribution in [0.1, 0.15) is 38.8 Å². The number of hydrogen-bond acceptors (Lipinski definition) is 4. The van der Waals surface area contributed by atoms with Crippen molar-refractivity contribution in [2.24, 2.45) is 9.98 Å². The Morgan fingerprint density at radius 2 is 0.860 bits per heavy atom. The van der Waals surface area contributed by atoms with Crippen LogP contribution in [0.4, 0.5) is 0 Å². The van der Waals surface area contributed by atoms with Crippen molar-refractivity contribution in [1.29, 1.82) is 0 Å². The number of rotatable bonds is 2. The predicted molar refractivity (Wildman–Crippen MR) is 167 cm³/mol. The zero-order valence-electron chi connectivity index (χ0n) is 24.3. The molecule has 4 aliphatic rings. The number of allylic oxidation sites excluding steroid dienone is 8. The molecule has 0 atom stereocenters. The zero-order chi connectivity index (χ0) is 27.4. The third-order valence-electron chi connectivity index (χ3n) is 7.69. The summed E-state index contributed by atoms with van der Waals surface area (Å²) < 4.78 is 0. The van der Waals surface area contributed by atoms with Gasteiger partial charge in [0.1, 0.15) is 0 Å². The second-order valence-corrected chi connectivity index (χ2v) is 10.6. The van der Waals surface area contributed by atoms with Gasteiger partial charge in [-0.1, -0.05) is 48.5 Å². The van der Waals surface area contributed by atoms with E-state index in [1.165, 1.54) is 55.3 Å². The Bertz CT molecular complexity index is 1880. The number of benzene rings is 2. The fraction of sp³-hybridized carbons (Fsp3) is 0.111. The first kappa shape index (κ1) is 32.4. The van der Waals surface area contributed by atoms with Crippen molar-refractivity contribution in [3.05, 3.63) is 142 Å². The van der Waals surface area contributed by atoms with E-state index in [4.69, 9.17) is 0 Å². The Labute approximate surface area is 283 Å². The number of fused-ring (bicyclic) bond motifs is 4. The third-order valence-corrected chi connectivity index (χ3v) is 7.69. The molecule has 0 fully saturated rings. The molecule has 0 N–H and O–H groups in total. The van der Waals surface area contributed by atoms with E-state index < -0.39 is 0 Å². The second-order valence-electron chi connectivity index (χ2n) is 10.6. The van der Waals surface area contributed by atoms with E-state index in [1.807, 2.05) is 38.4 Å². The van der Waals surface area contributed by atoms with Gasteiger partial charge in [0.15, 0.2) is 0 Å². The van der Waals surface area contributed by atoms with Gasteiger partial charge >= 0.3 is 26.2 Å². The van der Waals surface area contributed by atoms with Gasteiger partial charge in [0.05, 0.1) is 22.4 Å². The van der Waals surface area contributed by atoms with Crippen LogP contribution in [0.3, 0.4) is 0 Å². The average Bonchev–Trinajstić information content (AvgIpc) is 3.70. The summed E-state index contributed by atoms with van der Waals surface area (Å²) in [7, 11) is 0. The number of para-hydroxylation sites is 2. The van der Waals surface area contributed by atoms with Crippen molar-refractivity contribution < 1.29 is 51.0 Å². The van der Waals surface area contributed by atoms with Crippen molar-refractivity contribution in [2.45, 2.75) is 27.7 Å². The standard InChI is InChI=1S/2C18H14N2.2ClH.Zr/c2*1-11-9-15(16-10-12(2)20-17(11)16)14-7-3-5-13-6-4-8-19-18(13)14;;;/h2*3-10H,1-2H3;2*1H;/q;;;;+2/p-2. The van der Waals surface area contributed by atoms with Crippen LogP contribution in [0.25, 0.3) is 33.0 Å². The number of aromatic nitrogens is 2. The predicted octanol–water partition coefficient (Wildman–Crippen LogP) is 2.62. The van der Waals surface area contributed by atoms with Crippen LogP contribution in [0.5, 0.6) is 0 Å². The number of pyridine rings is 2. The maximum atomic E-state index is 4.62. The first-order valence-corrected chi connectivity index (χ1v) is 13.6. The summed E-state index contributed by atoms with van der Waals surface area (Å²) in [5.41, 5.74) is 16.3. The molecule has 8 rings (SSSR count). The molecule has 0 saturated carbocycles. The van der Waals surface area contributed by atoms with Gasteiger partial charge in [-0.05, 0) is 86.4 Å². The molecule has 0 spiro atoms. The third kappa shape index (κ3) is 5.74. The van der Waals surface area contributed by atoms with E-state index in [2.05, 4.69) is 107 Å². The van der Waals surface area contributed by atoms with Gasteiger partial charge < -0.3 is 24.8 Å². The summed E-state index contributed by atoms with van der Waals surface area (Å²) in [4.78, 5) is 18.4. The molecule has 0 saturated heterocycles. The van der Waals surface area contributed by atoms with E-state index in [-0.39, 0.29) is 51.0 Å². The summed E-state index contributed by atoms with van der Waals surface area (Å²) >= 11 is 0. The van der Waals surface area contributed by atoms with E-state index in [0.29, 0.717) is 0 Å². The summed E-state index contributed by atoms with van der Waals surface area (Å²) in [5.74, 6) is 0. The van der Waals surface area contributed by atoms with Crippen molar-refractivity contribution >= 4 is 44.4 Å². The van der Waals surface area contributed by atoms with Crippen LogP contribution in [0.2, 0.25) is 0 Å². The number of hydrogen-bond donors (Lipinski definition) is 0. The van der Waals surface area contributed by atoms with Crippen LogP contribution in [0.15, 0.2) is 141 Å². The fourth-order valence-corrected chi connectivity index (χ4v) is 5.92. The molecule has 7 heteroatoms. The maximum absolute atomic E-state index is 4.62. The zero-order valence-corrected chi connectivity index (χ0v) is 28.3. The average molecular weight is 679 g/mol. The van der Waals surface area contributed by atoms with Crippen molar-refractivity contribution in [1.82, 2.24) is 9.97 Å². The van der Waals surface area contributed by atoms with Crippen LogP contribution in [0, 0.1) is 0 Å². The monoisotopic (exact) mass is 676 g/mol. The molecule has 0 radical (unpaired) electrons. The molecular weight excluding hydrogens is 651 g/mol. The minimum atomic E-state index is 0. The topological polar surface area (TPSA) is 50.5 Å². The normalized spacial score (nSPS) is 16.0. The Kier molecular flexibility index (Phi) is 9.81. The number of aliphatic imine (C=N–C) groups is 2. The molecule has 4 nitrogen and oxygen atoms in total. The van der Waals surface area contributed by atoms with E-state index in [0.717, 1.165) is 33.9 Å². The van der Waals surface area contributed by atoms with Crippen molar-refractivity contribution in [3.63, 3.8) is 0 Å². The SMILES string of the molecule is CC1=NC2=C(C)C=C(c3cccc4cccnc34)C2=C1.CC1=NC2=C(C)C=C(c3cccc4cccnc34)C2=C1.[Cl-].[Cl-].[Zr+2]. The Morgan fingerprint density at radius 1 is 0.465 bits per heavy atom. The van der Waals surface area contributed by atoms with Crippen molar-refractivity contribution in [2.75, 3.05) is 0 Å². The fourth-order valence-electron chi connectivity index (χ4n) is 5.92. The molecule has 4 heterocycles. The Morgan fingerprint density at radius 3 is 1.28 bits per heavy atom. The summed E-state index contributed by atoms with van der Waals surface area (Å²) in [6, 6.07) is 20.9. The van der Waals surface area contributed by atoms with E-state index in [1.54, 1.807) is 0 Å². The van der Waals surface area contributed by atoms with Gasteiger partial charge in [0.25, 0.3) is 0 Å². The van der Waals surface area contributed by atoms with Gasteiger partial charge in [-0.15, -0.1) is 0 Å². The van der Waals surface area contributed by atoms with Crippen LogP contribution >= 0.6 is 0 Å². The van der Waals surface area contributed by atoms with Crippen molar-refractivity contribution in [3.8, 4) is 0 Å².